The standard InChI is InChI=1S/C13H26N2/c1-10-4-3-5-11(2)15(10)13-8-6-12(14)7-9-13/h10-13H,3-9,14H2,1-2H3. The minimum absolute atomic E-state index is 0.483. The third-order valence-electron chi connectivity index (χ3n) is 4.42. The molecule has 1 aliphatic carbocycles. The molecule has 15 heavy (non-hydrogen) atoms. The van der Waals surface area contributed by atoms with Gasteiger partial charge in [0, 0.05) is 24.2 Å². The largest absolute Gasteiger partial charge is 0.328 e. The maximum absolute atomic E-state index is 5.98. The van der Waals surface area contributed by atoms with Crippen molar-refractivity contribution in [1.29, 1.82) is 0 Å². The van der Waals surface area contributed by atoms with Crippen molar-refractivity contribution < 1.29 is 0 Å². The van der Waals surface area contributed by atoms with Crippen molar-refractivity contribution in [3.05, 3.63) is 0 Å². The van der Waals surface area contributed by atoms with Crippen LogP contribution in [0.5, 0.6) is 0 Å². The van der Waals surface area contributed by atoms with Gasteiger partial charge in [0.1, 0.15) is 0 Å². The average Bonchev–Trinajstić information content (AvgIpc) is 2.20. The lowest BCUT2D eigenvalue weighted by atomic mass is 9.86. The molecule has 2 atom stereocenters. The molecule has 0 radical (unpaired) electrons. The zero-order valence-corrected chi connectivity index (χ0v) is 10.3. The molecule has 2 N–H and O–H groups in total. The SMILES string of the molecule is CC1CCCC(C)N1C1CCC(N)CC1. The van der Waals surface area contributed by atoms with E-state index < -0.39 is 0 Å². The van der Waals surface area contributed by atoms with E-state index in [9.17, 15) is 0 Å². The third kappa shape index (κ3) is 2.54. The number of nitrogens with zero attached hydrogens (tertiary/aromatic N) is 1. The van der Waals surface area contributed by atoms with Crippen LogP contribution in [0, 0.1) is 0 Å². The minimum Gasteiger partial charge on any atom is -0.328 e. The van der Waals surface area contributed by atoms with Gasteiger partial charge in [0.05, 0.1) is 0 Å². The van der Waals surface area contributed by atoms with Crippen LogP contribution in [0.4, 0.5) is 0 Å². The molecular weight excluding hydrogens is 184 g/mol. The van der Waals surface area contributed by atoms with Crippen LogP contribution in [0.25, 0.3) is 0 Å². The topological polar surface area (TPSA) is 29.3 Å². The van der Waals surface area contributed by atoms with Crippen molar-refractivity contribution in [3.8, 4) is 0 Å². The second-order valence-corrected chi connectivity index (χ2v) is 5.64. The predicted octanol–water partition coefficient (Wildman–Crippen LogP) is 2.52. The van der Waals surface area contributed by atoms with Crippen LogP contribution in [0.3, 0.4) is 0 Å². The molecule has 0 bridgehead atoms. The lowest BCUT2D eigenvalue weighted by molar-refractivity contribution is 0.0350. The normalized spacial score (nSPS) is 44.2. The molecule has 2 unspecified atom stereocenters. The molecule has 2 nitrogen and oxygen atoms in total. The lowest BCUT2D eigenvalue weighted by Crippen LogP contribution is -2.51. The zero-order chi connectivity index (χ0) is 10.8. The molecule has 2 heteroatoms. The van der Waals surface area contributed by atoms with E-state index in [1.807, 2.05) is 0 Å². The number of nitrogens with two attached hydrogens (primary N) is 1. The lowest BCUT2D eigenvalue weighted by Gasteiger charge is -2.46. The van der Waals surface area contributed by atoms with E-state index in [4.69, 9.17) is 5.73 Å². The van der Waals surface area contributed by atoms with Gasteiger partial charge in [0.25, 0.3) is 0 Å². The molecule has 1 saturated heterocycles. The summed E-state index contributed by atoms with van der Waals surface area (Å²) in [6.07, 6.45) is 9.35. The summed E-state index contributed by atoms with van der Waals surface area (Å²) in [4.78, 5) is 2.79. The maximum Gasteiger partial charge on any atom is 0.0102 e. The van der Waals surface area contributed by atoms with Crippen molar-refractivity contribution in [3.63, 3.8) is 0 Å². The number of piperidine rings is 1. The van der Waals surface area contributed by atoms with E-state index >= 15 is 0 Å². The van der Waals surface area contributed by atoms with Crippen LogP contribution in [0.1, 0.15) is 58.8 Å². The quantitative estimate of drug-likeness (QED) is 0.720. The molecule has 2 aliphatic rings. The first-order chi connectivity index (χ1) is 7.18. The van der Waals surface area contributed by atoms with Gasteiger partial charge in [-0.25, -0.2) is 0 Å². The minimum atomic E-state index is 0.483. The monoisotopic (exact) mass is 210 g/mol. The van der Waals surface area contributed by atoms with E-state index in [0.29, 0.717) is 6.04 Å². The van der Waals surface area contributed by atoms with E-state index in [1.165, 1.54) is 44.9 Å². The summed E-state index contributed by atoms with van der Waals surface area (Å²) in [5.74, 6) is 0. The molecular formula is C13H26N2. The van der Waals surface area contributed by atoms with Gasteiger partial charge in [-0.15, -0.1) is 0 Å². The van der Waals surface area contributed by atoms with Gasteiger partial charge in [0.15, 0.2) is 0 Å². The number of rotatable bonds is 1. The number of hydrogen-bond acceptors (Lipinski definition) is 2. The Balaban J connectivity index is 1.95. The van der Waals surface area contributed by atoms with E-state index in [-0.39, 0.29) is 0 Å². The molecule has 0 aromatic rings. The van der Waals surface area contributed by atoms with Gasteiger partial charge in [0.2, 0.25) is 0 Å². The third-order valence-corrected chi connectivity index (χ3v) is 4.42. The van der Waals surface area contributed by atoms with Crippen LogP contribution < -0.4 is 5.73 Å². The Bertz CT molecular complexity index is 187. The fraction of sp³-hybridized carbons (Fsp3) is 1.00. The summed E-state index contributed by atoms with van der Waals surface area (Å²) in [6, 6.07) is 2.91. The highest BCUT2D eigenvalue weighted by Crippen LogP contribution is 2.31. The van der Waals surface area contributed by atoms with Crippen LogP contribution in [0.15, 0.2) is 0 Å². The van der Waals surface area contributed by atoms with Gasteiger partial charge in [-0.2, -0.15) is 0 Å². The summed E-state index contributed by atoms with van der Waals surface area (Å²) in [5, 5.41) is 0. The van der Waals surface area contributed by atoms with E-state index in [2.05, 4.69) is 18.7 Å². The first-order valence-corrected chi connectivity index (χ1v) is 6.71. The predicted molar refractivity (Wildman–Crippen MR) is 64.8 cm³/mol. The van der Waals surface area contributed by atoms with E-state index in [0.717, 1.165) is 18.1 Å². The first-order valence-electron chi connectivity index (χ1n) is 6.71. The van der Waals surface area contributed by atoms with Crippen LogP contribution in [-0.4, -0.2) is 29.1 Å². The zero-order valence-electron chi connectivity index (χ0n) is 10.3. The Morgan fingerprint density at radius 1 is 0.867 bits per heavy atom. The number of hydrogen-bond donors (Lipinski definition) is 1. The molecule has 0 aromatic carbocycles. The highest BCUT2D eigenvalue weighted by Gasteiger charge is 2.32. The van der Waals surface area contributed by atoms with Crippen molar-refractivity contribution >= 4 is 0 Å². The molecule has 88 valence electrons. The van der Waals surface area contributed by atoms with Crippen molar-refractivity contribution in [2.24, 2.45) is 5.73 Å². The summed E-state index contributed by atoms with van der Waals surface area (Å²) in [6.45, 7) is 4.81. The van der Waals surface area contributed by atoms with Gasteiger partial charge in [-0.1, -0.05) is 6.42 Å². The van der Waals surface area contributed by atoms with Gasteiger partial charge < -0.3 is 5.73 Å². The Kier molecular flexibility index (Phi) is 3.68. The maximum atomic E-state index is 5.98. The molecule has 2 rings (SSSR count). The van der Waals surface area contributed by atoms with Crippen molar-refractivity contribution in [1.82, 2.24) is 4.90 Å². The van der Waals surface area contributed by atoms with Crippen molar-refractivity contribution in [2.75, 3.05) is 0 Å². The molecule has 1 aliphatic heterocycles. The van der Waals surface area contributed by atoms with Crippen LogP contribution >= 0.6 is 0 Å². The van der Waals surface area contributed by atoms with Gasteiger partial charge in [-0.05, 0) is 52.4 Å². The second-order valence-electron chi connectivity index (χ2n) is 5.64. The summed E-state index contributed by atoms with van der Waals surface area (Å²) >= 11 is 0. The number of likely N-dealkylation sites (tertiary alicyclic amines) is 1. The van der Waals surface area contributed by atoms with Gasteiger partial charge >= 0.3 is 0 Å². The summed E-state index contributed by atoms with van der Waals surface area (Å²) < 4.78 is 0. The molecule has 1 heterocycles. The molecule has 0 amide bonds. The fourth-order valence-corrected chi connectivity index (χ4v) is 3.56. The highest BCUT2D eigenvalue weighted by molar-refractivity contribution is 4.88. The molecule has 2 fully saturated rings. The van der Waals surface area contributed by atoms with Gasteiger partial charge in [-0.3, -0.25) is 4.90 Å². The van der Waals surface area contributed by atoms with Crippen molar-refractivity contribution in [2.45, 2.75) is 83.0 Å². The molecule has 0 spiro atoms. The molecule has 1 saturated carbocycles. The Hall–Kier alpha value is -0.0800. The summed E-state index contributed by atoms with van der Waals surface area (Å²) in [7, 11) is 0. The Morgan fingerprint density at radius 3 is 1.93 bits per heavy atom. The Labute approximate surface area is 94.2 Å². The highest BCUT2D eigenvalue weighted by atomic mass is 15.2. The van der Waals surface area contributed by atoms with Crippen LogP contribution in [0.2, 0.25) is 0 Å². The first kappa shape index (κ1) is 11.4. The fourth-order valence-electron chi connectivity index (χ4n) is 3.56. The average molecular weight is 210 g/mol. The smallest absolute Gasteiger partial charge is 0.0102 e. The van der Waals surface area contributed by atoms with Crippen LogP contribution in [-0.2, 0) is 0 Å². The van der Waals surface area contributed by atoms with E-state index in [1.54, 1.807) is 0 Å². The molecule has 0 aromatic heterocycles. The Morgan fingerprint density at radius 2 is 1.40 bits per heavy atom. The summed E-state index contributed by atoms with van der Waals surface area (Å²) in [5.41, 5.74) is 5.98. The second kappa shape index (κ2) is 4.84.